The van der Waals surface area contributed by atoms with Gasteiger partial charge < -0.3 is 4.90 Å². The molecule has 0 bridgehead atoms. The third-order valence-electron chi connectivity index (χ3n) is 4.87. The molecule has 164 valence electrons. The van der Waals surface area contributed by atoms with Crippen molar-refractivity contribution >= 4 is 31.5 Å². The van der Waals surface area contributed by atoms with Gasteiger partial charge in [0.2, 0.25) is 15.9 Å². The molecule has 0 heterocycles. The highest BCUT2D eigenvalue weighted by atomic mass is 32.2. The van der Waals surface area contributed by atoms with Gasteiger partial charge in [0.05, 0.1) is 16.3 Å². The molecule has 7 nitrogen and oxygen atoms in total. The SMILES string of the molecule is Cc1ccc(S(=O)(=O)N(C)CC(=O)N(c2ccc(S(C)(=O)=O)cc2)C(C)C)cc1C. The van der Waals surface area contributed by atoms with Gasteiger partial charge in [0.25, 0.3) is 0 Å². The van der Waals surface area contributed by atoms with Crippen LogP contribution in [0.2, 0.25) is 0 Å². The molecule has 0 spiro atoms. The molecule has 0 unspecified atom stereocenters. The maximum atomic E-state index is 13.0. The number of benzene rings is 2. The minimum atomic E-state index is -3.83. The second-order valence-corrected chi connectivity index (χ2v) is 11.7. The zero-order valence-corrected chi connectivity index (χ0v) is 19.7. The Morgan fingerprint density at radius 3 is 1.90 bits per heavy atom. The number of nitrogens with zero attached hydrogens (tertiary/aromatic N) is 2. The number of hydrogen-bond donors (Lipinski definition) is 0. The van der Waals surface area contributed by atoms with Crippen molar-refractivity contribution in [2.75, 3.05) is 24.7 Å². The Balaban J connectivity index is 2.28. The lowest BCUT2D eigenvalue weighted by atomic mass is 10.1. The van der Waals surface area contributed by atoms with E-state index in [0.29, 0.717) is 5.69 Å². The first kappa shape index (κ1) is 24.0. The van der Waals surface area contributed by atoms with Crippen LogP contribution >= 0.6 is 0 Å². The monoisotopic (exact) mass is 452 g/mol. The predicted molar refractivity (Wildman–Crippen MR) is 118 cm³/mol. The lowest BCUT2D eigenvalue weighted by Gasteiger charge is -2.29. The maximum absolute atomic E-state index is 13.0. The lowest BCUT2D eigenvalue weighted by Crippen LogP contribution is -2.44. The van der Waals surface area contributed by atoms with Gasteiger partial charge in [-0.05, 0) is 75.2 Å². The summed E-state index contributed by atoms with van der Waals surface area (Å²) < 4.78 is 50.2. The quantitative estimate of drug-likeness (QED) is 0.644. The van der Waals surface area contributed by atoms with E-state index in [1.54, 1.807) is 38.1 Å². The number of anilines is 1. The van der Waals surface area contributed by atoms with E-state index in [-0.39, 0.29) is 22.4 Å². The first-order valence-electron chi connectivity index (χ1n) is 9.41. The molecule has 0 N–H and O–H groups in total. The van der Waals surface area contributed by atoms with Crippen molar-refractivity contribution in [1.82, 2.24) is 4.31 Å². The molecule has 2 rings (SSSR count). The fourth-order valence-corrected chi connectivity index (χ4v) is 4.83. The Morgan fingerprint density at radius 2 is 1.43 bits per heavy atom. The number of likely N-dealkylation sites (N-methyl/N-ethyl adjacent to an activating group) is 1. The van der Waals surface area contributed by atoms with Crippen LogP contribution in [0.3, 0.4) is 0 Å². The van der Waals surface area contributed by atoms with E-state index in [1.165, 1.54) is 30.1 Å². The third kappa shape index (κ3) is 5.27. The standard InChI is InChI=1S/C21H28N2O5S2/c1-15(2)23(18-8-11-19(12-9-18)29(6,25)26)21(24)14-22(5)30(27,28)20-10-7-16(3)17(4)13-20/h7-13,15H,14H2,1-6H3. The first-order chi connectivity index (χ1) is 13.7. The minimum Gasteiger partial charge on any atom is -0.309 e. The number of rotatable bonds is 7. The highest BCUT2D eigenvalue weighted by Crippen LogP contribution is 2.22. The zero-order chi connectivity index (χ0) is 22.9. The molecule has 1 amide bonds. The van der Waals surface area contributed by atoms with Gasteiger partial charge in [0, 0.05) is 25.0 Å². The normalized spacial score (nSPS) is 12.4. The molecule has 0 aliphatic carbocycles. The van der Waals surface area contributed by atoms with Crippen LogP contribution in [0.5, 0.6) is 0 Å². The average molecular weight is 453 g/mol. The highest BCUT2D eigenvalue weighted by molar-refractivity contribution is 7.90. The van der Waals surface area contributed by atoms with Gasteiger partial charge in [-0.1, -0.05) is 6.07 Å². The number of sulfonamides is 1. The Morgan fingerprint density at radius 1 is 0.900 bits per heavy atom. The molecule has 0 fully saturated rings. The van der Waals surface area contributed by atoms with Crippen molar-refractivity contribution in [1.29, 1.82) is 0 Å². The van der Waals surface area contributed by atoms with Crippen LogP contribution in [-0.2, 0) is 24.7 Å². The molecule has 0 atom stereocenters. The summed E-state index contributed by atoms with van der Waals surface area (Å²) in [6.45, 7) is 7.00. The summed E-state index contributed by atoms with van der Waals surface area (Å²) in [4.78, 5) is 14.7. The largest absolute Gasteiger partial charge is 0.309 e. The van der Waals surface area contributed by atoms with Crippen LogP contribution in [0.25, 0.3) is 0 Å². The Kier molecular flexibility index (Phi) is 7.11. The van der Waals surface area contributed by atoms with Crippen LogP contribution in [0.15, 0.2) is 52.3 Å². The van der Waals surface area contributed by atoms with E-state index < -0.39 is 25.8 Å². The van der Waals surface area contributed by atoms with Gasteiger partial charge >= 0.3 is 0 Å². The molecule has 30 heavy (non-hydrogen) atoms. The van der Waals surface area contributed by atoms with E-state index in [4.69, 9.17) is 0 Å². The van der Waals surface area contributed by atoms with Gasteiger partial charge in [-0.15, -0.1) is 0 Å². The minimum absolute atomic E-state index is 0.134. The Bertz CT molecular complexity index is 1140. The van der Waals surface area contributed by atoms with E-state index in [9.17, 15) is 21.6 Å². The zero-order valence-electron chi connectivity index (χ0n) is 18.1. The van der Waals surface area contributed by atoms with E-state index in [0.717, 1.165) is 21.7 Å². The van der Waals surface area contributed by atoms with Gasteiger partial charge in [-0.3, -0.25) is 4.79 Å². The van der Waals surface area contributed by atoms with E-state index >= 15 is 0 Å². The average Bonchev–Trinajstić information content (AvgIpc) is 2.63. The smallest absolute Gasteiger partial charge is 0.243 e. The second-order valence-electron chi connectivity index (χ2n) is 7.63. The second kappa shape index (κ2) is 8.87. The fourth-order valence-electron chi connectivity index (χ4n) is 2.99. The summed E-state index contributed by atoms with van der Waals surface area (Å²) in [6, 6.07) is 10.6. The molecule has 2 aromatic rings. The number of aryl methyl sites for hydroxylation is 2. The number of carbonyl (C=O) groups is 1. The van der Waals surface area contributed by atoms with Crippen molar-refractivity contribution in [3.8, 4) is 0 Å². The molecule has 0 aliphatic rings. The number of sulfone groups is 1. The van der Waals surface area contributed by atoms with Crippen molar-refractivity contribution in [2.45, 2.75) is 43.5 Å². The fraction of sp³-hybridized carbons (Fsp3) is 0.381. The van der Waals surface area contributed by atoms with Crippen LogP contribution in [-0.4, -0.2) is 52.9 Å². The Hall–Kier alpha value is -2.23. The molecule has 0 aromatic heterocycles. The van der Waals surface area contributed by atoms with E-state index in [2.05, 4.69) is 0 Å². The molecule has 0 radical (unpaired) electrons. The summed E-state index contributed by atoms with van der Waals surface area (Å²) >= 11 is 0. The summed E-state index contributed by atoms with van der Waals surface area (Å²) in [5, 5.41) is 0. The third-order valence-corrected chi connectivity index (χ3v) is 7.80. The number of carbonyl (C=O) groups excluding carboxylic acids is 1. The van der Waals surface area contributed by atoms with Crippen molar-refractivity contribution in [3.05, 3.63) is 53.6 Å². The topological polar surface area (TPSA) is 91.8 Å². The van der Waals surface area contributed by atoms with Gasteiger partial charge in [-0.2, -0.15) is 4.31 Å². The number of amides is 1. The number of hydrogen-bond acceptors (Lipinski definition) is 5. The molecule has 0 saturated heterocycles. The molecule has 0 aliphatic heterocycles. The van der Waals surface area contributed by atoms with Crippen LogP contribution in [0.4, 0.5) is 5.69 Å². The van der Waals surface area contributed by atoms with Crippen LogP contribution < -0.4 is 4.90 Å². The van der Waals surface area contributed by atoms with Crippen LogP contribution in [0, 0.1) is 13.8 Å². The summed E-state index contributed by atoms with van der Waals surface area (Å²) in [6.07, 6.45) is 1.11. The molecular weight excluding hydrogens is 424 g/mol. The Labute approximate surface area is 179 Å². The summed E-state index contributed by atoms with van der Waals surface area (Å²) in [5.41, 5.74) is 2.33. The molecule has 2 aromatic carbocycles. The van der Waals surface area contributed by atoms with Gasteiger partial charge in [0.1, 0.15) is 0 Å². The molecule has 0 saturated carbocycles. The summed E-state index contributed by atoms with van der Waals surface area (Å²) in [5.74, 6) is -0.410. The van der Waals surface area contributed by atoms with Crippen molar-refractivity contribution in [3.63, 3.8) is 0 Å². The van der Waals surface area contributed by atoms with Crippen molar-refractivity contribution < 1.29 is 21.6 Å². The highest BCUT2D eigenvalue weighted by Gasteiger charge is 2.27. The molecule has 9 heteroatoms. The van der Waals surface area contributed by atoms with Gasteiger partial charge in [0.15, 0.2) is 9.84 Å². The predicted octanol–water partition coefficient (Wildman–Crippen LogP) is 2.77. The first-order valence-corrected chi connectivity index (χ1v) is 12.7. The molecular formula is C21H28N2O5S2. The maximum Gasteiger partial charge on any atom is 0.243 e. The lowest BCUT2D eigenvalue weighted by molar-refractivity contribution is -0.119. The van der Waals surface area contributed by atoms with Gasteiger partial charge in [-0.25, -0.2) is 16.8 Å². The van der Waals surface area contributed by atoms with E-state index in [1.807, 2.05) is 13.8 Å². The van der Waals surface area contributed by atoms with Crippen molar-refractivity contribution in [2.24, 2.45) is 0 Å². The van der Waals surface area contributed by atoms with Crippen LogP contribution in [0.1, 0.15) is 25.0 Å². The summed E-state index contributed by atoms with van der Waals surface area (Å²) in [7, 11) is -5.82.